The molecule has 0 amide bonds. The summed E-state index contributed by atoms with van der Waals surface area (Å²) < 4.78 is 6.07. The second-order valence-electron chi connectivity index (χ2n) is 5.73. The quantitative estimate of drug-likeness (QED) is 0.825. The SMILES string of the molecule is OCC(COC1CCCc2ccccc21)NC1CC1. The van der Waals surface area contributed by atoms with E-state index >= 15 is 0 Å². The van der Waals surface area contributed by atoms with Gasteiger partial charge in [0.25, 0.3) is 0 Å². The van der Waals surface area contributed by atoms with Crippen molar-refractivity contribution in [2.45, 2.75) is 50.3 Å². The fourth-order valence-electron chi connectivity index (χ4n) is 2.85. The van der Waals surface area contributed by atoms with E-state index in [2.05, 4.69) is 29.6 Å². The van der Waals surface area contributed by atoms with Crippen LogP contribution in [0.15, 0.2) is 24.3 Å². The molecule has 1 aromatic carbocycles. The van der Waals surface area contributed by atoms with Gasteiger partial charge in [-0.3, -0.25) is 0 Å². The van der Waals surface area contributed by atoms with Gasteiger partial charge in [-0.2, -0.15) is 0 Å². The smallest absolute Gasteiger partial charge is 0.0828 e. The lowest BCUT2D eigenvalue weighted by Gasteiger charge is -2.27. The summed E-state index contributed by atoms with van der Waals surface area (Å²) in [6.07, 6.45) is 6.14. The number of hydrogen-bond acceptors (Lipinski definition) is 3. The first kappa shape index (κ1) is 13.1. The number of aliphatic hydroxyl groups is 1. The molecule has 1 fully saturated rings. The topological polar surface area (TPSA) is 41.5 Å². The second-order valence-corrected chi connectivity index (χ2v) is 5.73. The van der Waals surface area contributed by atoms with Crippen LogP contribution in [0, 0.1) is 0 Å². The van der Waals surface area contributed by atoms with Crippen molar-refractivity contribution < 1.29 is 9.84 Å². The van der Waals surface area contributed by atoms with Gasteiger partial charge in [0.15, 0.2) is 0 Å². The Morgan fingerprint density at radius 1 is 1.26 bits per heavy atom. The number of fused-ring (bicyclic) bond motifs is 1. The molecule has 19 heavy (non-hydrogen) atoms. The standard InChI is InChI=1S/C16H23NO2/c18-10-14(17-13-8-9-13)11-19-16-7-3-5-12-4-1-2-6-15(12)16/h1-2,4,6,13-14,16-18H,3,5,7-11H2. The Balaban J connectivity index is 1.57. The molecule has 3 heteroatoms. The summed E-state index contributed by atoms with van der Waals surface area (Å²) in [6, 6.07) is 9.28. The lowest BCUT2D eigenvalue weighted by Crippen LogP contribution is -2.38. The van der Waals surface area contributed by atoms with Crippen molar-refractivity contribution in [3.8, 4) is 0 Å². The van der Waals surface area contributed by atoms with Gasteiger partial charge in [-0.15, -0.1) is 0 Å². The van der Waals surface area contributed by atoms with Crippen LogP contribution in [-0.4, -0.2) is 30.4 Å². The average Bonchev–Trinajstić information content (AvgIpc) is 3.27. The molecule has 0 saturated heterocycles. The molecule has 0 radical (unpaired) electrons. The highest BCUT2D eigenvalue weighted by Gasteiger charge is 2.26. The van der Waals surface area contributed by atoms with Crippen LogP contribution in [-0.2, 0) is 11.2 Å². The molecule has 2 aliphatic rings. The van der Waals surface area contributed by atoms with E-state index in [1.807, 2.05) is 0 Å². The summed E-state index contributed by atoms with van der Waals surface area (Å²) in [4.78, 5) is 0. The lowest BCUT2D eigenvalue weighted by molar-refractivity contribution is 0.0162. The number of aliphatic hydroxyl groups excluding tert-OH is 1. The van der Waals surface area contributed by atoms with Crippen molar-refractivity contribution in [3.05, 3.63) is 35.4 Å². The highest BCUT2D eigenvalue weighted by Crippen LogP contribution is 2.32. The first-order valence-corrected chi connectivity index (χ1v) is 7.43. The third-order valence-electron chi connectivity index (χ3n) is 4.08. The highest BCUT2D eigenvalue weighted by atomic mass is 16.5. The molecule has 104 valence electrons. The Hall–Kier alpha value is -0.900. The maximum atomic E-state index is 9.38. The molecule has 0 spiro atoms. The summed E-state index contributed by atoms with van der Waals surface area (Å²) in [7, 11) is 0. The van der Waals surface area contributed by atoms with Crippen LogP contribution in [0.3, 0.4) is 0 Å². The van der Waals surface area contributed by atoms with Crippen LogP contribution in [0.2, 0.25) is 0 Å². The van der Waals surface area contributed by atoms with E-state index in [0.717, 1.165) is 6.42 Å². The van der Waals surface area contributed by atoms with Crippen molar-refractivity contribution in [2.24, 2.45) is 0 Å². The Bertz CT molecular complexity index is 417. The summed E-state index contributed by atoms with van der Waals surface area (Å²) in [5.74, 6) is 0. The summed E-state index contributed by atoms with van der Waals surface area (Å²) in [5.41, 5.74) is 2.77. The first-order valence-electron chi connectivity index (χ1n) is 7.43. The first-order chi connectivity index (χ1) is 9.36. The zero-order valence-electron chi connectivity index (χ0n) is 11.3. The normalized spacial score (nSPS) is 23.9. The number of nitrogens with one attached hydrogen (secondary N) is 1. The van der Waals surface area contributed by atoms with E-state index < -0.39 is 0 Å². The van der Waals surface area contributed by atoms with Gasteiger partial charge < -0.3 is 15.2 Å². The third kappa shape index (κ3) is 3.35. The largest absolute Gasteiger partial charge is 0.395 e. The predicted octanol–water partition coefficient (Wildman–Crippen LogP) is 2.19. The number of benzene rings is 1. The molecule has 0 aliphatic heterocycles. The monoisotopic (exact) mass is 261 g/mol. The van der Waals surface area contributed by atoms with E-state index in [9.17, 15) is 5.11 Å². The van der Waals surface area contributed by atoms with Crippen molar-refractivity contribution in [2.75, 3.05) is 13.2 Å². The van der Waals surface area contributed by atoms with Crippen LogP contribution in [0.5, 0.6) is 0 Å². The van der Waals surface area contributed by atoms with Gasteiger partial charge in [-0.1, -0.05) is 24.3 Å². The third-order valence-corrected chi connectivity index (χ3v) is 4.08. The van der Waals surface area contributed by atoms with Gasteiger partial charge in [0.05, 0.1) is 25.4 Å². The maximum absolute atomic E-state index is 9.38. The van der Waals surface area contributed by atoms with Gasteiger partial charge >= 0.3 is 0 Å². The number of hydrogen-bond donors (Lipinski definition) is 2. The Kier molecular flexibility index (Phi) is 4.16. The summed E-state index contributed by atoms with van der Waals surface area (Å²) >= 11 is 0. The fraction of sp³-hybridized carbons (Fsp3) is 0.625. The van der Waals surface area contributed by atoms with Crippen LogP contribution < -0.4 is 5.32 Å². The zero-order chi connectivity index (χ0) is 13.1. The highest BCUT2D eigenvalue weighted by molar-refractivity contribution is 5.31. The minimum atomic E-state index is 0.0848. The Morgan fingerprint density at radius 3 is 2.89 bits per heavy atom. The molecule has 1 aromatic rings. The Labute approximate surface area is 115 Å². The molecule has 0 aromatic heterocycles. The van der Waals surface area contributed by atoms with Gasteiger partial charge in [0.1, 0.15) is 0 Å². The number of aryl methyl sites for hydroxylation is 1. The minimum absolute atomic E-state index is 0.0848. The second kappa shape index (κ2) is 6.04. The van der Waals surface area contributed by atoms with E-state index in [-0.39, 0.29) is 18.8 Å². The Morgan fingerprint density at radius 2 is 2.11 bits per heavy atom. The number of ether oxygens (including phenoxy) is 1. The molecule has 0 heterocycles. The molecule has 3 nitrogen and oxygen atoms in total. The van der Waals surface area contributed by atoms with Gasteiger partial charge in [0.2, 0.25) is 0 Å². The van der Waals surface area contributed by atoms with Gasteiger partial charge in [0, 0.05) is 6.04 Å². The molecule has 2 N–H and O–H groups in total. The average molecular weight is 261 g/mol. The molecular formula is C16H23NO2. The van der Waals surface area contributed by atoms with E-state index in [4.69, 9.17) is 4.74 Å². The maximum Gasteiger partial charge on any atom is 0.0828 e. The van der Waals surface area contributed by atoms with Crippen molar-refractivity contribution in [3.63, 3.8) is 0 Å². The van der Waals surface area contributed by atoms with Crippen LogP contribution in [0.25, 0.3) is 0 Å². The van der Waals surface area contributed by atoms with E-state index in [1.165, 1.54) is 36.8 Å². The number of rotatable bonds is 6. The van der Waals surface area contributed by atoms with Crippen LogP contribution in [0.1, 0.15) is 42.9 Å². The molecule has 2 unspecified atom stereocenters. The van der Waals surface area contributed by atoms with Gasteiger partial charge in [-0.05, 0) is 43.2 Å². The fourth-order valence-corrected chi connectivity index (χ4v) is 2.85. The van der Waals surface area contributed by atoms with Crippen LogP contribution >= 0.6 is 0 Å². The van der Waals surface area contributed by atoms with Gasteiger partial charge in [-0.25, -0.2) is 0 Å². The molecule has 3 rings (SSSR count). The van der Waals surface area contributed by atoms with Crippen LogP contribution in [0.4, 0.5) is 0 Å². The molecule has 2 aliphatic carbocycles. The van der Waals surface area contributed by atoms with E-state index in [1.54, 1.807) is 0 Å². The molecule has 0 bridgehead atoms. The molecular weight excluding hydrogens is 238 g/mol. The molecule has 1 saturated carbocycles. The van der Waals surface area contributed by atoms with Crippen molar-refractivity contribution >= 4 is 0 Å². The molecule has 2 atom stereocenters. The lowest BCUT2D eigenvalue weighted by atomic mass is 9.89. The zero-order valence-corrected chi connectivity index (χ0v) is 11.3. The summed E-state index contributed by atoms with van der Waals surface area (Å²) in [6.45, 7) is 0.761. The van der Waals surface area contributed by atoms with Crippen molar-refractivity contribution in [1.29, 1.82) is 0 Å². The predicted molar refractivity (Wildman–Crippen MR) is 75.1 cm³/mol. The van der Waals surface area contributed by atoms with E-state index in [0.29, 0.717) is 12.6 Å². The summed E-state index contributed by atoms with van der Waals surface area (Å²) in [5, 5.41) is 12.8. The van der Waals surface area contributed by atoms with Crippen molar-refractivity contribution in [1.82, 2.24) is 5.32 Å². The minimum Gasteiger partial charge on any atom is -0.395 e.